The molecule has 2 aromatic rings. The molecule has 8 nitrogen and oxygen atoms in total. The quantitative estimate of drug-likeness (QED) is 0.467. The van der Waals surface area contributed by atoms with Gasteiger partial charge in [-0.05, 0) is 30.4 Å². The molecule has 0 aliphatic carbocycles. The Morgan fingerprint density at radius 3 is 2.54 bits per heavy atom. The standard InChI is InChI=1S/C26H30N6O2S/c1-3-20-21(17-27)26(35-23(24(28)33)18-7-5-4-6-8-18)30-25(22(20)29-2)32-11-9-19(10-12-32)31-13-15-34-16-14-31/h4-8,19,23H,3,9-16H2,1H3,(H2,28,33). The van der Waals surface area contributed by atoms with Gasteiger partial charge >= 0.3 is 0 Å². The van der Waals surface area contributed by atoms with Crippen molar-refractivity contribution >= 4 is 29.2 Å². The van der Waals surface area contributed by atoms with E-state index in [0.29, 0.717) is 40.1 Å². The van der Waals surface area contributed by atoms with Gasteiger partial charge in [-0.2, -0.15) is 5.26 Å². The monoisotopic (exact) mass is 490 g/mol. The van der Waals surface area contributed by atoms with Gasteiger partial charge in [0, 0.05) is 32.2 Å². The van der Waals surface area contributed by atoms with E-state index in [9.17, 15) is 10.1 Å². The molecule has 9 heteroatoms. The van der Waals surface area contributed by atoms with Crippen LogP contribution in [0.3, 0.4) is 0 Å². The normalized spacial score (nSPS) is 18.0. The minimum Gasteiger partial charge on any atom is -0.379 e. The third-order valence-electron chi connectivity index (χ3n) is 6.71. The molecule has 1 unspecified atom stereocenters. The van der Waals surface area contributed by atoms with Crippen molar-refractivity contribution in [3.63, 3.8) is 0 Å². The number of nitrogens with two attached hydrogens (primary N) is 1. The second-order valence-electron chi connectivity index (χ2n) is 8.70. The first-order valence-corrected chi connectivity index (χ1v) is 12.9. The van der Waals surface area contributed by atoms with Crippen LogP contribution in [0.15, 0.2) is 35.4 Å². The Bertz CT molecular complexity index is 1130. The molecule has 3 heterocycles. The molecule has 0 bridgehead atoms. The van der Waals surface area contributed by atoms with Crippen molar-refractivity contribution < 1.29 is 9.53 Å². The number of aromatic nitrogens is 1. The van der Waals surface area contributed by atoms with Crippen LogP contribution in [0.1, 0.15) is 41.7 Å². The summed E-state index contributed by atoms with van der Waals surface area (Å²) >= 11 is 1.19. The van der Waals surface area contributed by atoms with E-state index in [-0.39, 0.29) is 0 Å². The number of piperidine rings is 1. The summed E-state index contributed by atoms with van der Waals surface area (Å²) in [4.78, 5) is 25.7. The average Bonchev–Trinajstić information content (AvgIpc) is 2.91. The number of morpholine rings is 1. The molecule has 182 valence electrons. The molecule has 2 N–H and O–H groups in total. The molecule has 0 spiro atoms. The van der Waals surface area contributed by atoms with Crippen molar-refractivity contribution in [1.82, 2.24) is 9.88 Å². The number of nitriles is 1. The van der Waals surface area contributed by atoms with Gasteiger partial charge in [-0.15, -0.1) is 0 Å². The zero-order valence-corrected chi connectivity index (χ0v) is 20.8. The molecule has 1 amide bonds. The topological polar surface area (TPSA) is 99.8 Å². The van der Waals surface area contributed by atoms with E-state index in [1.54, 1.807) is 0 Å². The van der Waals surface area contributed by atoms with Crippen molar-refractivity contribution in [3.8, 4) is 6.07 Å². The molecule has 2 saturated heterocycles. The molecule has 1 aromatic carbocycles. The predicted molar refractivity (Wildman–Crippen MR) is 136 cm³/mol. The van der Waals surface area contributed by atoms with Crippen molar-refractivity contribution in [2.24, 2.45) is 5.73 Å². The minimum absolute atomic E-state index is 0.359. The zero-order valence-electron chi connectivity index (χ0n) is 19.9. The van der Waals surface area contributed by atoms with E-state index in [1.165, 1.54) is 11.8 Å². The van der Waals surface area contributed by atoms with Crippen LogP contribution in [-0.2, 0) is 16.0 Å². The summed E-state index contributed by atoms with van der Waals surface area (Å²) in [6.07, 6.45) is 2.49. The largest absolute Gasteiger partial charge is 0.379 e. The molecule has 1 aromatic heterocycles. The van der Waals surface area contributed by atoms with Crippen molar-refractivity contribution in [2.45, 2.75) is 42.5 Å². The van der Waals surface area contributed by atoms with Crippen molar-refractivity contribution in [1.29, 1.82) is 5.26 Å². The number of thioether (sulfide) groups is 1. The lowest BCUT2D eigenvalue weighted by Crippen LogP contribution is -2.49. The number of pyridine rings is 1. The SMILES string of the molecule is [C-]#[N+]c1c(N2CCC(N3CCOCC3)CC2)nc(SC(C(N)=O)c2ccccc2)c(C#N)c1CC. The highest BCUT2D eigenvalue weighted by Crippen LogP contribution is 2.43. The fourth-order valence-electron chi connectivity index (χ4n) is 4.89. The van der Waals surface area contributed by atoms with Gasteiger partial charge in [-0.25, -0.2) is 9.83 Å². The zero-order chi connectivity index (χ0) is 24.8. The Kier molecular flexibility index (Phi) is 8.25. The molecule has 2 aliphatic heterocycles. The van der Waals surface area contributed by atoms with E-state index < -0.39 is 11.2 Å². The van der Waals surface area contributed by atoms with Crippen molar-refractivity contribution in [3.05, 3.63) is 58.4 Å². The molecular weight excluding hydrogens is 460 g/mol. The van der Waals surface area contributed by atoms with E-state index in [0.717, 1.165) is 57.8 Å². The molecule has 2 fully saturated rings. The second kappa shape index (κ2) is 11.5. The number of anilines is 1. The maximum atomic E-state index is 12.4. The third kappa shape index (κ3) is 5.43. The summed E-state index contributed by atoms with van der Waals surface area (Å²) < 4.78 is 5.50. The van der Waals surface area contributed by atoms with Crippen LogP contribution in [0.5, 0.6) is 0 Å². The first-order valence-electron chi connectivity index (χ1n) is 12.0. The lowest BCUT2D eigenvalue weighted by Gasteiger charge is -2.41. The third-order valence-corrected chi connectivity index (χ3v) is 7.97. The summed E-state index contributed by atoms with van der Waals surface area (Å²) in [7, 11) is 0. The van der Waals surface area contributed by atoms with Crippen LogP contribution >= 0.6 is 11.8 Å². The van der Waals surface area contributed by atoms with Gasteiger partial charge < -0.3 is 15.4 Å². The summed E-state index contributed by atoms with van der Waals surface area (Å²) in [5.74, 6) is 0.113. The number of carbonyl (C=O) groups is 1. The van der Waals surface area contributed by atoms with Gasteiger partial charge in [0.2, 0.25) is 11.6 Å². The van der Waals surface area contributed by atoms with Crippen LogP contribution in [0.4, 0.5) is 11.5 Å². The van der Waals surface area contributed by atoms with Gasteiger partial charge in [-0.3, -0.25) is 9.69 Å². The van der Waals surface area contributed by atoms with E-state index >= 15 is 0 Å². The fourth-order valence-corrected chi connectivity index (χ4v) is 5.94. The number of hydrogen-bond donors (Lipinski definition) is 1. The number of benzene rings is 1. The van der Waals surface area contributed by atoms with Gasteiger partial charge in [0.1, 0.15) is 22.2 Å². The lowest BCUT2D eigenvalue weighted by atomic mass is 10.0. The van der Waals surface area contributed by atoms with Crippen LogP contribution in [0, 0.1) is 17.9 Å². The van der Waals surface area contributed by atoms with E-state index in [2.05, 4.69) is 20.7 Å². The van der Waals surface area contributed by atoms with Crippen LogP contribution in [0.2, 0.25) is 0 Å². The second-order valence-corrected chi connectivity index (χ2v) is 9.79. The maximum Gasteiger partial charge on any atom is 0.235 e. The van der Waals surface area contributed by atoms with Crippen LogP contribution in [0.25, 0.3) is 4.85 Å². The number of hydrogen-bond acceptors (Lipinski definition) is 7. The van der Waals surface area contributed by atoms with Crippen LogP contribution < -0.4 is 10.6 Å². The van der Waals surface area contributed by atoms with E-state index in [4.69, 9.17) is 22.0 Å². The summed E-state index contributed by atoms with van der Waals surface area (Å²) in [6, 6.07) is 12.0. The van der Waals surface area contributed by atoms with E-state index in [1.807, 2.05) is 37.3 Å². The molecule has 0 saturated carbocycles. The van der Waals surface area contributed by atoms with Gasteiger partial charge in [-0.1, -0.05) is 49.0 Å². The Labute approximate surface area is 210 Å². The molecule has 1 atom stereocenters. The molecular formula is C26H30N6O2S. The number of ether oxygens (including phenoxy) is 1. The maximum absolute atomic E-state index is 12.4. The Balaban J connectivity index is 1.66. The molecule has 35 heavy (non-hydrogen) atoms. The number of amides is 1. The average molecular weight is 491 g/mol. The first-order chi connectivity index (χ1) is 17.1. The first kappa shape index (κ1) is 25.0. The van der Waals surface area contributed by atoms with Crippen LogP contribution in [-0.4, -0.2) is 61.2 Å². The fraction of sp³-hybridized carbons (Fsp3) is 0.462. The Hall–Kier alpha value is -3.11. The smallest absolute Gasteiger partial charge is 0.235 e. The highest BCUT2D eigenvalue weighted by molar-refractivity contribution is 8.00. The summed E-state index contributed by atoms with van der Waals surface area (Å²) in [6.45, 7) is 14.9. The molecule has 2 aliphatic rings. The lowest BCUT2D eigenvalue weighted by molar-refractivity contribution is -0.117. The Morgan fingerprint density at radius 1 is 1.29 bits per heavy atom. The molecule has 4 rings (SSSR count). The number of primary amides is 1. The van der Waals surface area contributed by atoms with Crippen molar-refractivity contribution in [2.75, 3.05) is 44.3 Å². The summed E-state index contributed by atoms with van der Waals surface area (Å²) in [5, 5.41) is 9.77. The number of rotatable bonds is 7. The highest BCUT2D eigenvalue weighted by Gasteiger charge is 2.31. The van der Waals surface area contributed by atoms with Gasteiger partial charge in [0.05, 0.1) is 25.3 Å². The number of nitrogens with zero attached hydrogens (tertiary/aromatic N) is 5. The summed E-state index contributed by atoms with van der Waals surface area (Å²) in [5.41, 5.74) is 8.00. The molecule has 0 radical (unpaired) electrons. The Morgan fingerprint density at radius 2 is 1.97 bits per heavy atom. The predicted octanol–water partition coefficient (Wildman–Crippen LogP) is 3.69. The number of carbonyl (C=O) groups excluding carboxylic acids is 1. The van der Waals surface area contributed by atoms with Gasteiger partial charge in [0.25, 0.3) is 0 Å². The minimum atomic E-state index is -0.681. The van der Waals surface area contributed by atoms with Gasteiger partial charge in [0.15, 0.2) is 0 Å². The highest BCUT2D eigenvalue weighted by atomic mass is 32.2.